The summed E-state index contributed by atoms with van der Waals surface area (Å²) in [6, 6.07) is 16.1. The number of carbonyl (C=O) groups is 1. The summed E-state index contributed by atoms with van der Waals surface area (Å²) in [5.41, 5.74) is 3.07. The van der Waals surface area contributed by atoms with Gasteiger partial charge >= 0.3 is 0 Å². The van der Waals surface area contributed by atoms with E-state index in [-0.39, 0.29) is 18.1 Å². The number of benzene rings is 2. The number of likely N-dealkylation sites (tertiary alicyclic amines) is 1. The number of nitrogens with zero attached hydrogens (tertiary/aromatic N) is 2. The molecule has 0 saturated carbocycles. The molecule has 0 radical (unpaired) electrons. The number of hydrogen-bond donors (Lipinski definition) is 2. The van der Waals surface area contributed by atoms with Crippen molar-refractivity contribution in [1.82, 2.24) is 14.8 Å². The number of thiazole rings is 1. The van der Waals surface area contributed by atoms with Crippen LogP contribution in [0, 0.1) is 3.95 Å². The van der Waals surface area contributed by atoms with E-state index in [9.17, 15) is 9.90 Å². The van der Waals surface area contributed by atoms with Crippen molar-refractivity contribution in [2.75, 3.05) is 26.7 Å². The van der Waals surface area contributed by atoms with E-state index < -0.39 is 0 Å². The highest BCUT2D eigenvalue weighted by Crippen LogP contribution is 2.25. The summed E-state index contributed by atoms with van der Waals surface area (Å²) in [7, 11) is 1.88. The second-order valence-electron chi connectivity index (χ2n) is 7.66. The van der Waals surface area contributed by atoms with Crippen molar-refractivity contribution in [2.45, 2.75) is 25.0 Å². The standard InChI is InChI=1S/C22H25N3O2S2/c1-24(21(27)12-15-7-8-20-18(11-15)23-22(28)29-20)19(16-5-3-2-4-6-16)14-25-10-9-17(26)13-25/h2-8,11,17,19,26H,9-10,12-14H2,1H3,(H,23,28)/t17-,19+/m0/s1. The molecule has 1 saturated heterocycles. The number of rotatable bonds is 6. The topological polar surface area (TPSA) is 59.6 Å². The third-order valence-electron chi connectivity index (χ3n) is 5.56. The van der Waals surface area contributed by atoms with Crippen LogP contribution in [0.25, 0.3) is 10.2 Å². The Bertz CT molecular complexity index is 1050. The lowest BCUT2D eigenvalue weighted by Gasteiger charge is -2.32. The number of aliphatic hydroxyl groups excluding tert-OH is 1. The van der Waals surface area contributed by atoms with Gasteiger partial charge in [-0.3, -0.25) is 9.69 Å². The highest BCUT2D eigenvalue weighted by molar-refractivity contribution is 7.73. The molecule has 2 atom stereocenters. The van der Waals surface area contributed by atoms with Crippen LogP contribution in [0.3, 0.4) is 0 Å². The van der Waals surface area contributed by atoms with Crippen LogP contribution in [0.1, 0.15) is 23.6 Å². The van der Waals surface area contributed by atoms with Gasteiger partial charge in [-0.05, 0) is 41.9 Å². The molecule has 3 aromatic rings. The Hall–Kier alpha value is -2.06. The average molecular weight is 428 g/mol. The van der Waals surface area contributed by atoms with Gasteiger partial charge < -0.3 is 15.0 Å². The number of hydrogen-bond acceptors (Lipinski definition) is 5. The quantitative estimate of drug-likeness (QED) is 0.588. The van der Waals surface area contributed by atoms with Crippen molar-refractivity contribution in [3.05, 3.63) is 63.6 Å². The first kappa shape index (κ1) is 20.2. The lowest BCUT2D eigenvalue weighted by molar-refractivity contribution is -0.131. The molecule has 29 heavy (non-hydrogen) atoms. The molecular weight excluding hydrogens is 402 g/mol. The molecule has 0 bridgehead atoms. The van der Waals surface area contributed by atoms with Crippen LogP contribution in [-0.2, 0) is 11.2 Å². The molecule has 2 heterocycles. The maximum Gasteiger partial charge on any atom is 0.227 e. The molecule has 1 amide bonds. The highest BCUT2D eigenvalue weighted by atomic mass is 32.1. The summed E-state index contributed by atoms with van der Waals surface area (Å²) >= 11 is 6.76. The number of β-amino-alcohol motifs (C(OH)–C–C–N with tert-alkyl or cyclic N) is 1. The maximum absolute atomic E-state index is 13.1. The summed E-state index contributed by atoms with van der Waals surface area (Å²) in [6.07, 6.45) is 0.867. The minimum atomic E-state index is -0.268. The van der Waals surface area contributed by atoms with Gasteiger partial charge in [-0.1, -0.05) is 36.4 Å². The summed E-state index contributed by atoms with van der Waals surface area (Å²) in [5.74, 6) is 0.0757. The Kier molecular flexibility index (Phi) is 6.10. The fourth-order valence-electron chi connectivity index (χ4n) is 3.93. The second kappa shape index (κ2) is 8.75. The zero-order chi connectivity index (χ0) is 20.4. The molecule has 1 aromatic heterocycles. The predicted octanol–water partition coefficient (Wildman–Crippen LogP) is 3.77. The number of fused-ring (bicyclic) bond motifs is 1. The maximum atomic E-state index is 13.1. The van der Waals surface area contributed by atoms with E-state index in [1.807, 2.05) is 48.3 Å². The Morgan fingerprint density at radius 2 is 2.14 bits per heavy atom. The number of aromatic amines is 1. The van der Waals surface area contributed by atoms with E-state index in [4.69, 9.17) is 12.2 Å². The summed E-state index contributed by atoms with van der Waals surface area (Å²) < 4.78 is 1.85. The van der Waals surface area contributed by atoms with Crippen LogP contribution in [0.15, 0.2) is 48.5 Å². The number of amides is 1. The first-order chi connectivity index (χ1) is 14.0. The molecule has 1 aliphatic heterocycles. The third kappa shape index (κ3) is 4.75. The number of carbonyl (C=O) groups excluding carboxylic acids is 1. The van der Waals surface area contributed by atoms with Crippen molar-refractivity contribution in [3.8, 4) is 0 Å². The Morgan fingerprint density at radius 3 is 2.86 bits per heavy atom. The molecule has 4 rings (SSSR count). The summed E-state index contributed by atoms with van der Waals surface area (Å²) in [5, 5.41) is 9.88. The van der Waals surface area contributed by atoms with Crippen LogP contribution in [0.2, 0.25) is 0 Å². The third-order valence-corrected chi connectivity index (χ3v) is 6.78. The van der Waals surface area contributed by atoms with Gasteiger partial charge in [-0.15, -0.1) is 11.3 Å². The Labute approximate surface area is 179 Å². The molecule has 0 spiro atoms. The van der Waals surface area contributed by atoms with Crippen molar-refractivity contribution < 1.29 is 9.90 Å². The Morgan fingerprint density at radius 1 is 1.34 bits per heavy atom. The minimum absolute atomic E-state index is 0.0512. The molecule has 2 aromatic carbocycles. The molecule has 152 valence electrons. The van der Waals surface area contributed by atoms with Gasteiger partial charge in [0.05, 0.1) is 28.8 Å². The summed E-state index contributed by atoms with van der Waals surface area (Å²) in [4.78, 5) is 20.4. The number of nitrogens with one attached hydrogen (secondary N) is 1. The van der Waals surface area contributed by atoms with E-state index in [0.717, 1.165) is 44.8 Å². The smallest absolute Gasteiger partial charge is 0.227 e. The van der Waals surface area contributed by atoms with Gasteiger partial charge in [-0.2, -0.15) is 0 Å². The van der Waals surface area contributed by atoms with Gasteiger partial charge in [-0.25, -0.2) is 0 Å². The molecular formula is C22H25N3O2S2. The number of likely N-dealkylation sites (N-methyl/N-ethyl adjacent to an activating group) is 1. The van der Waals surface area contributed by atoms with Gasteiger partial charge in [0.2, 0.25) is 5.91 Å². The average Bonchev–Trinajstić information content (AvgIpc) is 3.30. The van der Waals surface area contributed by atoms with Crippen molar-refractivity contribution in [1.29, 1.82) is 0 Å². The Balaban J connectivity index is 1.52. The van der Waals surface area contributed by atoms with Crippen LogP contribution in [0.4, 0.5) is 0 Å². The molecule has 2 N–H and O–H groups in total. The lowest BCUT2D eigenvalue weighted by atomic mass is 10.0. The van der Waals surface area contributed by atoms with Crippen molar-refractivity contribution in [2.24, 2.45) is 0 Å². The highest BCUT2D eigenvalue weighted by Gasteiger charge is 2.28. The predicted molar refractivity (Wildman–Crippen MR) is 120 cm³/mol. The number of aromatic nitrogens is 1. The number of aliphatic hydroxyl groups is 1. The van der Waals surface area contributed by atoms with Crippen LogP contribution >= 0.6 is 23.6 Å². The van der Waals surface area contributed by atoms with Gasteiger partial charge in [0.25, 0.3) is 0 Å². The minimum Gasteiger partial charge on any atom is -0.392 e. The SMILES string of the molecule is CN(C(=O)Cc1ccc2sc(=S)[nH]c2c1)[C@H](CN1CC[C@H](O)C1)c1ccccc1. The van der Waals surface area contributed by atoms with E-state index in [1.165, 1.54) is 0 Å². The second-order valence-corrected chi connectivity index (χ2v) is 9.37. The lowest BCUT2D eigenvalue weighted by Crippen LogP contribution is -2.39. The van der Waals surface area contributed by atoms with E-state index in [1.54, 1.807) is 11.3 Å². The van der Waals surface area contributed by atoms with E-state index in [2.05, 4.69) is 22.0 Å². The zero-order valence-electron chi connectivity index (χ0n) is 16.4. The zero-order valence-corrected chi connectivity index (χ0v) is 18.0. The fraction of sp³-hybridized carbons (Fsp3) is 0.364. The van der Waals surface area contributed by atoms with Crippen molar-refractivity contribution in [3.63, 3.8) is 0 Å². The van der Waals surface area contributed by atoms with Gasteiger partial charge in [0.15, 0.2) is 3.95 Å². The van der Waals surface area contributed by atoms with Gasteiger partial charge in [0, 0.05) is 26.7 Å². The van der Waals surface area contributed by atoms with Crippen LogP contribution < -0.4 is 0 Å². The molecule has 0 unspecified atom stereocenters. The molecule has 5 nitrogen and oxygen atoms in total. The van der Waals surface area contributed by atoms with Crippen LogP contribution in [0.5, 0.6) is 0 Å². The first-order valence-corrected chi connectivity index (χ1v) is 11.0. The molecule has 7 heteroatoms. The van der Waals surface area contributed by atoms with Crippen molar-refractivity contribution >= 4 is 39.7 Å². The molecule has 1 fully saturated rings. The van der Waals surface area contributed by atoms with Crippen LogP contribution in [-0.4, -0.2) is 58.6 Å². The monoisotopic (exact) mass is 427 g/mol. The normalized spacial score (nSPS) is 18.2. The van der Waals surface area contributed by atoms with Gasteiger partial charge in [0.1, 0.15) is 0 Å². The summed E-state index contributed by atoms with van der Waals surface area (Å²) in [6.45, 7) is 2.25. The molecule has 0 aliphatic carbocycles. The van der Waals surface area contributed by atoms with E-state index in [0.29, 0.717) is 13.0 Å². The molecule has 1 aliphatic rings. The largest absolute Gasteiger partial charge is 0.392 e. The first-order valence-electron chi connectivity index (χ1n) is 9.82. The number of H-pyrrole nitrogens is 1. The fourth-order valence-corrected chi connectivity index (χ4v) is 5.03. The van der Waals surface area contributed by atoms with E-state index >= 15 is 0 Å².